The van der Waals surface area contributed by atoms with Crippen LogP contribution in [0.3, 0.4) is 0 Å². The first kappa shape index (κ1) is 19.6. The molecule has 0 spiro atoms. The van der Waals surface area contributed by atoms with E-state index in [2.05, 4.69) is 9.88 Å². The summed E-state index contributed by atoms with van der Waals surface area (Å²) in [5.41, 5.74) is 2.42. The molecule has 1 aromatic heterocycles. The number of hydrogen-bond donors (Lipinski definition) is 1. The van der Waals surface area contributed by atoms with Crippen LogP contribution in [0.25, 0.3) is 10.9 Å². The van der Waals surface area contributed by atoms with Gasteiger partial charge in [-0.05, 0) is 39.6 Å². The van der Waals surface area contributed by atoms with Crippen LogP contribution < -0.4 is 5.43 Å². The Morgan fingerprint density at radius 3 is 2.89 bits per heavy atom. The summed E-state index contributed by atoms with van der Waals surface area (Å²) < 4.78 is 5.66. The molecule has 1 unspecified atom stereocenters. The number of carbonyl (C=O) groups excluding carboxylic acids is 1. The quantitative estimate of drug-likeness (QED) is 0.871. The summed E-state index contributed by atoms with van der Waals surface area (Å²) in [6.45, 7) is 5.39. The van der Waals surface area contributed by atoms with Crippen LogP contribution in [0.15, 0.2) is 29.1 Å². The fourth-order valence-electron chi connectivity index (χ4n) is 3.83. The zero-order valence-electron chi connectivity index (χ0n) is 16.5. The number of amides is 1. The van der Waals surface area contributed by atoms with Crippen LogP contribution in [0.2, 0.25) is 0 Å². The molecule has 27 heavy (non-hydrogen) atoms. The van der Waals surface area contributed by atoms with Gasteiger partial charge in [-0.2, -0.15) is 0 Å². The number of aromatic amines is 1. The van der Waals surface area contributed by atoms with Crippen molar-refractivity contribution in [1.82, 2.24) is 14.8 Å². The third-order valence-corrected chi connectivity index (χ3v) is 5.12. The van der Waals surface area contributed by atoms with Crippen LogP contribution in [0, 0.1) is 12.8 Å². The third kappa shape index (κ3) is 4.76. The second-order valence-corrected chi connectivity index (χ2v) is 7.65. The van der Waals surface area contributed by atoms with Gasteiger partial charge in [0.1, 0.15) is 0 Å². The third-order valence-electron chi connectivity index (χ3n) is 5.12. The van der Waals surface area contributed by atoms with E-state index in [1.165, 1.54) is 0 Å². The van der Waals surface area contributed by atoms with Crippen LogP contribution in [0.5, 0.6) is 0 Å². The summed E-state index contributed by atoms with van der Waals surface area (Å²) in [6.07, 6.45) is 0.803. The van der Waals surface area contributed by atoms with Crippen molar-refractivity contribution in [2.24, 2.45) is 5.92 Å². The lowest BCUT2D eigenvalue weighted by Gasteiger charge is -2.25. The van der Waals surface area contributed by atoms with E-state index < -0.39 is 0 Å². The molecule has 0 radical (unpaired) electrons. The largest absolute Gasteiger partial charge is 0.379 e. The Kier molecular flexibility index (Phi) is 6.29. The Morgan fingerprint density at radius 1 is 1.33 bits per heavy atom. The first-order valence-corrected chi connectivity index (χ1v) is 9.56. The van der Waals surface area contributed by atoms with Gasteiger partial charge >= 0.3 is 0 Å². The molecule has 1 saturated heterocycles. The number of rotatable bonds is 5. The summed E-state index contributed by atoms with van der Waals surface area (Å²) in [6, 6.07) is 7.51. The maximum Gasteiger partial charge on any atom is 0.222 e. The van der Waals surface area contributed by atoms with Crippen molar-refractivity contribution in [3.63, 3.8) is 0 Å². The van der Waals surface area contributed by atoms with Crippen molar-refractivity contribution in [3.8, 4) is 0 Å². The van der Waals surface area contributed by atoms with Gasteiger partial charge in [0.2, 0.25) is 5.91 Å². The number of fused-ring (bicyclic) bond motifs is 1. The second-order valence-electron chi connectivity index (χ2n) is 7.65. The Hall–Kier alpha value is -2.18. The van der Waals surface area contributed by atoms with E-state index in [-0.39, 0.29) is 11.3 Å². The van der Waals surface area contributed by atoms with E-state index in [1.807, 2.05) is 50.2 Å². The second kappa shape index (κ2) is 8.67. The number of aryl methyl sites for hydroxylation is 1. The highest BCUT2D eigenvalue weighted by atomic mass is 16.5. The molecule has 1 amide bonds. The summed E-state index contributed by atoms with van der Waals surface area (Å²) in [4.78, 5) is 32.9. The molecule has 1 atom stereocenters. The summed E-state index contributed by atoms with van der Waals surface area (Å²) in [5, 5.41) is 0.680. The Labute approximate surface area is 160 Å². The van der Waals surface area contributed by atoms with E-state index in [4.69, 9.17) is 4.74 Å². The number of nitrogens with one attached hydrogen (secondary N) is 1. The van der Waals surface area contributed by atoms with E-state index in [0.717, 1.165) is 17.8 Å². The number of ether oxygens (including phenoxy) is 1. The van der Waals surface area contributed by atoms with Gasteiger partial charge in [-0.3, -0.25) is 9.59 Å². The number of aromatic nitrogens is 1. The average Bonchev–Trinajstić information content (AvgIpc) is 2.86. The molecule has 146 valence electrons. The van der Waals surface area contributed by atoms with Gasteiger partial charge in [-0.1, -0.05) is 12.1 Å². The Balaban J connectivity index is 1.70. The number of hydrogen-bond acceptors (Lipinski definition) is 4. The molecular formula is C21H29N3O3. The van der Waals surface area contributed by atoms with Crippen LogP contribution >= 0.6 is 0 Å². The lowest BCUT2D eigenvalue weighted by Crippen LogP contribution is -2.39. The molecule has 0 saturated carbocycles. The highest BCUT2D eigenvalue weighted by Crippen LogP contribution is 2.14. The van der Waals surface area contributed by atoms with E-state index in [1.54, 1.807) is 0 Å². The molecule has 1 N–H and O–H groups in total. The fourth-order valence-corrected chi connectivity index (χ4v) is 3.83. The van der Waals surface area contributed by atoms with Crippen molar-refractivity contribution in [1.29, 1.82) is 0 Å². The van der Waals surface area contributed by atoms with Crippen LogP contribution in [-0.2, 0) is 16.0 Å². The van der Waals surface area contributed by atoms with Crippen molar-refractivity contribution in [2.45, 2.75) is 19.8 Å². The van der Waals surface area contributed by atoms with Crippen molar-refractivity contribution >= 4 is 16.8 Å². The van der Waals surface area contributed by atoms with Gasteiger partial charge in [0, 0.05) is 54.1 Å². The Morgan fingerprint density at radius 2 is 2.11 bits per heavy atom. The standard InChI is InChI=1S/C21H29N3O3/c1-15-17(21(26)18-6-4-5-7-19(18)22-15)8-9-20(25)24-10-11-27-14-16(13-24)12-23(2)3/h4-7,16H,8-14H2,1-3H3,(H,22,26). The number of H-pyrrole nitrogens is 1. The van der Waals surface area contributed by atoms with Crippen LogP contribution in [0.4, 0.5) is 0 Å². The molecule has 2 heterocycles. The predicted molar refractivity (Wildman–Crippen MR) is 107 cm³/mol. The molecule has 1 aliphatic heterocycles. The smallest absolute Gasteiger partial charge is 0.222 e. The van der Waals surface area contributed by atoms with Gasteiger partial charge in [0.05, 0.1) is 13.2 Å². The SMILES string of the molecule is Cc1[nH]c2ccccc2c(=O)c1CCC(=O)N1CCOCC(CN(C)C)C1. The van der Waals surface area contributed by atoms with Crippen molar-refractivity contribution in [2.75, 3.05) is 46.9 Å². The Bertz CT molecular complexity index is 859. The van der Waals surface area contributed by atoms with Crippen molar-refractivity contribution in [3.05, 3.63) is 45.7 Å². The highest BCUT2D eigenvalue weighted by Gasteiger charge is 2.23. The molecular weight excluding hydrogens is 342 g/mol. The summed E-state index contributed by atoms with van der Waals surface area (Å²) in [7, 11) is 4.07. The molecule has 2 aromatic rings. The van der Waals surface area contributed by atoms with Crippen LogP contribution in [0.1, 0.15) is 17.7 Å². The van der Waals surface area contributed by atoms with E-state index >= 15 is 0 Å². The highest BCUT2D eigenvalue weighted by molar-refractivity contribution is 5.80. The minimum absolute atomic E-state index is 0.0272. The number of nitrogens with zero attached hydrogens (tertiary/aromatic N) is 2. The normalized spacial score (nSPS) is 18.1. The van der Waals surface area contributed by atoms with Gasteiger partial charge in [0.15, 0.2) is 5.43 Å². The maximum atomic E-state index is 12.8. The minimum Gasteiger partial charge on any atom is -0.379 e. The number of pyridine rings is 1. The molecule has 0 aliphatic carbocycles. The minimum atomic E-state index is 0.0272. The zero-order valence-corrected chi connectivity index (χ0v) is 16.5. The number of para-hydroxylation sites is 1. The summed E-state index contributed by atoms with van der Waals surface area (Å²) >= 11 is 0. The lowest BCUT2D eigenvalue weighted by molar-refractivity contribution is -0.131. The molecule has 6 heteroatoms. The molecule has 0 bridgehead atoms. The summed E-state index contributed by atoms with van der Waals surface area (Å²) in [5.74, 6) is 0.411. The molecule has 6 nitrogen and oxygen atoms in total. The topological polar surface area (TPSA) is 65.6 Å². The fraction of sp³-hybridized carbons (Fsp3) is 0.524. The lowest BCUT2D eigenvalue weighted by atomic mass is 10.0. The molecule has 1 aromatic carbocycles. The van der Waals surface area contributed by atoms with E-state index in [9.17, 15) is 9.59 Å². The zero-order chi connectivity index (χ0) is 19.4. The van der Waals surface area contributed by atoms with Gasteiger partial charge in [-0.15, -0.1) is 0 Å². The van der Waals surface area contributed by atoms with Crippen LogP contribution in [-0.4, -0.2) is 67.6 Å². The first-order valence-electron chi connectivity index (χ1n) is 9.56. The molecule has 3 rings (SSSR count). The number of carbonyl (C=O) groups is 1. The monoisotopic (exact) mass is 371 g/mol. The molecule has 1 fully saturated rings. The van der Waals surface area contributed by atoms with Gasteiger partial charge < -0.3 is 19.5 Å². The number of benzene rings is 1. The predicted octanol–water partition coefficient (Wildman–Crippen LogP) is 1.81. The van der Waals surface area contributed by atoms with Gasteiger partial charge in [-0.25, -0.2) is 0 Å². The van der Waals surface area contributed by atoms with E-state index in [0.29, 0.717) is 56.0 Å². The first-order chi connectivity index (χ1) is 13.0. The van der Waals surface area contributed by atoms with Crippen molar-refractivity contribution < 1.29 is 9.53 Å². The average molecular weight is 371 g/mol. The molecule has 1 aliphatic rings. The maximum absolute atomic E-state index is 12.8. The van der Waals surface area contributed by atoms with Gasteiger partial charge in [0.25, 0.3) is 0 Å².